The van der Waals surface area contributed by atoms with Crippen LogP contribution in [-0.4, -0.2) is 11.5 Å². The van der Waals surface area contributed by atoms with E-state index in [1.807, 2.05) is 0 Å². The summed E-state index contributed by atoms with van der Waals surface area (Å²) >= 11 is 5.74. The van der Waals surface area contributed by atoms with E-state index in [0.717, 1.165) is 18.9 Å². The number of hydrogen-bond donors (Lipinski definition) is 1. The molecule has 0 atom stereocenters. The second kappa shape index (κ2) is 5.36. The molecule has 0 spiro atoms. The van der Waals surface area contributed by atoms with Gasteiger partial charge in [0.2, 0.25) is 0 Å². The Hall–Kier alpha value is -1.29. The number of nitrogens with zero attached hydrogens (tertiary/aromatic N) is 1. The van der Waals surface area contributed by atoms with E-state index in [-0.39, 0.29) is 5.69 Å². The minimum atomic E-state index is -0.405. The van der Waals surface area contributed by atoms with Crippen LogP contribution in [0.15, 0.2) is 18.2 Å². The smallest absolute Gasteiger partial charge is 0.293 e. The molecule has 1 fully saturated rings. The summed E-state index contributed by atoms with van der Waals surface area (Å²) in [6.45, 7) is 0.785. The zero-order chi connectivity index (χ0) is 12.3. The van der Waals surface area contributed by atoms with Gasteiger partial charge in [-0.05, 0) is 24.5 Å². The first kappa shape index (κ1) is 12.2. The third-order valence-corrected chi connectivity index (χ3v) is 3.48. The van der Waals surface area contributed by atoms with Gasteiger partial charge in [-0.1, -0.05) is 30.9 Å². The molecule has 0 unspecified atom stereocenters. The Balaban J connectivity index is 1.96. The van der Waals surface area contributed by atoms with Gasteiger partial charge >= 0.3 is 0 Å². The van der Waals surface area contributed by atoms with Gasteiger partial charge in [0.15, 0.2) is 0 Å². The minimum Gasteiger partial charge on any atom is -0.379 e. The predicted octanol–water partition coefficient (Wildman–Crippen LogP) is 3.85. The van der Waals surface area contributed by atoms with E-state index in [1.54, 1.807) is 12.1 Å². The standard InChI is InChI=1S/C12H15ClN2O2/c13-10-4-5-11(12(8-10)15(16)17)14-7-6-9-2-1-3-9/h4-5,8-9,14H,1-3,6-7H2. The van der Waals surface area contributed by atoms with Crippen molar-refractivity contribution >= 4 is 23.0 Å². The van der Waals surface area contributed by atoms with E-state index in [4.69, 9.17) is 11.6 Å². The fourth-order valence-corrected chi connectivity index (χ4v) is 2.16. The first-order chi connectivity index (χ1) is 8.16. The van der Waals surface area contributed by atoms with Crippen molar-refractivity contribution in [2.75, 3.05) is 11.9 Å². The molecule has 2 rings (SSSR count). The van der Waals surface area contributed by atoms with E-state index >= 15 is 0 Å². The largest absolute Gasteiger partial charge is 0.379 e. The molecule has 5 heteroatoms. The Morgan fingerprint density at radius 3 is 2.82 bits per heavy atom. The fraction of sp³-hybridized carbons (Fsp3) is 0.500. The maximum absolute atomic E-state index is 10.8. The highest BCUT2D eigenvalue weighted by molar-refractivity contribution is 6.30. The maximum atomic E-state index is 10.8. The summed E-state index contributed by atoms with van der Waals surface area (Å²) in [5.41, 5.74) is 0.602. The van der Waals surface area contributed by atoms with Crippen LogP contribution in [0.4, 0.5) is 11.4 Å². The number of rotatable bonds is 5. The molecule has 1 N–H and O–H groups in total. The van der Waals surface area contributed by atoms with Crippen LogP contribution in [0, 0.1) is 16.0 Å². The summed E-state index contributed by atoms with van der Waals surface area (Å²) in [6, 6.07) is 4.72. The lowest BCUT2D eigenvalue weighted by atomic mass is 9.83. The summed E-state index contributed by atoms with van der Waals surface area (Å²) in [5.74, 6) is 0.800. The summed E-state index contributed by atoms with van der Waals surface area (Å²) in [7, 11) is 0. The van der Waals surface area contributed by atoms with Crippen molar-refractivity contribution in [2.24, 2.45) is 5.92 Å². The molecule has 17 heavy (non-hydrogen) atoms. The van der Waals surface area contributed by atoms with Gasteiger partial charge < -0.3 is 5.32 Å². The molecular formula is C12H15ClN2O2. The van der Waals surface area contributed by atoms with Crippen LogP contribution in [-0.2, 0) is 0 Å². The van der Waals surface area contributed by atoms with Gasteiger partial charge in [0.05, 0.1) is 4.92 Å². The van der Waals surface area contributed by atoms with Gasteiger partial charge in [-0.15, -0.1) is 0 Å². The molecule has 1 saturated carbocycles. The predicted molar refractivity (Wildman–Crippen MR) is 68.6 cm³/mol. The zero-order valence-corrected chi connectivity index (χ0v) is 10.2. The van der Waals surface area contributed by atoms with E-state index < -0.39 is 4.92 Å². The number of benzene rings is 1. The third-order valence-electron chi connectivity index (χ3n) is 3.25. The second-order valence-electron chi connectivity index (χ2n) is 4.43. The number of halogens is 1. The summed E-state index contributed by atoms with van der Waals surface area (Å²) in [4.78, 5) is 10.4. The number of nitro benzene ring substituents is 1. The Morgan fingerprint density at radius 2 is 2.24 bits per heavy atom. The first-order valence-corrected chi connectivity index (χ1v) is 6.22. The summed E-state index contributed by atoms with van der Waals surface area (Å²) in [6.07, 6.45) is 5.00. The van der Waals surface area contributed by atoms with Gasteiger partial charge in [-0.3, -0.25) is 10.1 Å². The van der Waals surface area contributed by atoms with Crippen LogP contribution < -0.4 is 5.32 Å². The lowest BCUT2D eigenvalue weighted by molar-refractivity contribution is -0.383. The maximum Gasteiger partial charge on any atom is 0.293 e. The van der Waals surface area contributed by atoms with Crippen LogP contribution in [0.5, 0.6) is 0 Å². The van der Waals surface area contributed by atoms with Crippen LogP contribution in [0.1, 0.15) is 25.7 Å². The quantitative estimate of drug-likeness (QED) is 0.641. The van der Waals surface area contributed by atoms with E-state index in [0.29, 0.717) is 10.7 Å². The van der Waals surface area contributed by atoms with Crippen LogP contribution >= 0.6 is 11.6 Å². The van der Waals surface area contributed by atoms with E-state index in [1.165, 1.54) is 25.3 Å². The Bertz CT molecular complexity index is 419. The highest BCUT2D eigenvalue weighted by Crippen LogP contribution is 2.31. The molecule has 0 aliphatic heterocycles. The van der Waals surface area contributed by atoms with Crippen molar-refractivity contribution in [1.29, 1.82) is 0 Å². The van der Waals surface area contributed by atoms with Crippen LogP contribution in [0.3, 0.4) is 0 Å². The lowest BCUT2D eigenvalue weighted by Crippen LogP contribution is -2.15. The second-order valence-corrected chi connectivity index (χ2v) is 4.87. The molecule has 0 amide bonds. The lowest BCUT2D eigenvalue weighted by Gasteiger charge is -2.25. The molecule has 1 aromatic rings. The highest BCUT2D eigenvalue weighted by Gasteiger charge is 2.18. The van der Waals surface area contributed by atoms with Crippen molar-refractivity contribution in [1.82, 2.24) is 0 Å². The third kappa shape index (κ3) is 3.09. The molecule has 1 aliphatic rings. The molecule has 0 saturated heterocycles. The van der Waals surface area contributed by atoms with Crippen LogP contribution in [0.2, 0.25) is 5.02 Å². The minimum absolute atomic E-state index is 0.0473. The van der Waals surface area contributed by atoms with E-state index in [9.17, 15) is 10.1 Å². The molecular weight excluding hydrogens is 240 g/mol. The molecule has 1 aliphatic carbocycles. The molecule has 4 nitrogen and oxygen atoms in total. The number of nitrogens with one attached hydrogen (secondary N) is 1. The SMILES string of the molecule is O=[N+]([O-])c1cc(Cl)ccc1NCCC1CCC1. The zero-order valence-electron chi connectivity index (χ0n) is 9.49. The Kier molecular flexibility index (Phi) is 3.84. The van der Waals surface area contributed by atoms with Crippen molar-refractivity contribution in [2.45, 2.75) is 25.7 Å². The Labute approximate surface area is 105 Å². The topological polar surface area (TPSA) is 55.2 Å². The van der Waals surface area contributed by atoms with Crippen molar-refractivity contribution in [3.8, 4) is 0 Å². The highest BCUT2D eigenvalue weighted by atomic mass is 35.5. The average molecular weight is 255 g/mol. The molecule has 92 valence electrons. The normalized spacial score (nSPS) is 15.4. The molecule has 1 aromatic carbocycles. The van der Waals surface area contributed by atoms with Gasteiger partial charge in [-0.25, -0.2) is 0 Å². The molecule has 0 aromatic heterocycles. The van der Waals surface area contributed by atoms with Crippen molar-refractivity contribution in [3.63, 3.8) is 0 Å². The average Bonchev–Trinajstić information content (AvgIpc) is 2.23. The molecule has 0 radical (unpaired) electrons. The van der Waals surface area contributed by atoms with Crippen molar-refractivity contribution < 1.29 is 4.92 Å². The van der Waals surface area contributed by atoms with Gasteiger partial charge in [0, 0.05) is 17.6 Å². The number of hydrogen-bond acceptors (Lipinski definition) is 3. The molecule has 0 heterocycles. The van der Waals surface area contributed by atoms with Gasteiger partial charge in [-0.2, -0.15) is 0 Å². The number of anilines is 1. The molecule has 0 bridgehead atoms. The van der Waals surface area contributed by atoms with Gasteiger partial charge in [0.1, 0.15) is 5.69 Å². The monoisotopic (exact) mass is 254 g/mol. The fourth-order valence-electron chi connectivity index (χ4n) is 2.00. The van der Waals surface area contributed by atoms with Crippen LogP contribution in [0.25, 0.3) is 0 Å². The summed E-state index contributed by atoms with van der Waals surface area (Å²) in [5, 5.41) is 14.4. The number of nitro groups is 1. The van der Waals surface area contributed by atoms with E-state index in [2.05, 4.69) is 5.32 Å². The first-order valence-electron chi connectivity index (χ1n) is 5.84. The van der Waals surface area contributed by atoms with Crippen molar-refractivity contribution in [3.05, 3.63) is 33.3 Å². The summed E-state index contributed by atoms with van der Waals surface area (Å²) < 4.78 is 0. The Morgan fingerprint density at radius 1 is 1.47 bits per heavy atom. The van der Waals surface area contributed by atoms with Gasteiger partial charge in [0.25, 0.3) is 5.69 Å².